The molecule has 1 fully saturated rings. The van der Waals surface area contributed by atoms with E-state index in [4.69, 9.17) is 4.74 Å². The molecule has 1 aromatic heterocycles. The van der Waals surface area contributed by atoms with Gasteiger partial charge in [0.25, 0.3) is 0 Å². The van der Waals surface area contributed by atoms with Crippen molar-refractivity contribution >= 4 is 11.3 Å². The third-order valence-electron chi connectivity index (χ3n) is 4.64. The first kappa shape index (κ1) is 15.8. The fourth-order valence-corrected chi connectivity index (χ4v) is 4.10. The monoisotopic (exact) mass is 296 g/mol. The maximum atomic E-state index is 6.29. The van der Waals surface area contributed by atoms with Crippen LogP contribution in [0.15, 0.2) is 0 Å². The van der Waals surface area contributed by atoms with E-state index in [9.17, 15) is 0 Å². The molecule has 1 aliphatic rings. The molecule has 1 saturated heterocycles. The molecule has 0 unspecified atom stereocenters. The van der Waals surface area contributed by atoms with E-state index in [1.54, 1.807) is 11.3 Å². The molecule has 0 amide bonds. The Balaban J connectivity index is 2.17. The van der Waals surface area contributed by atoms with Crippen LogP contribution in [-0.2, 0) is 6.42 Å². The summed E-state index contributed by atoms with van der Waals surface area (Å²) >= 11 is 1.76. The van der Waals surface area contributed by atoms with Crippen LogP contribution >= 0.6 is 11.3 Å². The molecule has 2 rings (SSSR count). The molecule has 0 radical (unpaired) electrons. The number of nitrogens with zero attached hydrogens (tertiary/aromatic N) is 2. The van der Waals surface area contributed by atoms with Gasteiger partial charge in [-0.2, -0.15) is 0 Å². The van der Waals surface area contributed by atoms with E-state index in [1.807, 2.05) is 0 Å². The molecule has 1 aromatic rings. The number of rotatable bonds is 3. The van der Waals surface area contributed by atoms with Crippen LogP contribution in [0.2, 0.25) is 0 Å². The van der Waals surface area contributed by atoms with Gasteiger partial charge in [0.05, 0.1) is 9.88 Å². The van der Waals surface area contributed by atoms with Crippen LogP contribution in [-0.4, -0.2) is 34.1 Å². The Morgan fingerprint density at radius 3 is 2.30 bits per heavy atom. The summed E-state index contributed by atoms with van der Waals surface area (Å²) in [5, 5.41) is 1.10. The zero-order chi connectivity index (χ0) is 15.1. The lowest BCUT2D eigenvalue weighted by atomic mass is 9.79. The number of hydrogen-bond donors (Lipinski definition) is 0. The number of aromatic nitrogens is 1. The van der Waals surface area contributed by atoms with E-state index in [-0.39, 0.29) is 17.2 Å². The molecule has 1 aliphatic heterocycles. The van der Waals surface area contributed by atoms with Crippen molar-refractivity contribution in [1.29, 1.82) is 0 Å². The number of piperidine rings is 1. The summed E-state index contributed by atoms with van der Waals surface area (Å²) in [5.74, 6) is 0.871. The van der Waals surface area contributed by atoms with Gasteiger partial charge >= 0.3 is 0 Å². The maximum absolute atomic E-state index is 6.29. The summed E-state index contributed by atoms with van der Waals surface area (Å²) < 4.78 is 6.29. The van der Waals surface area contributed by atoms with Gasteiger partial charge in [-0.1, -0.05) is 6.92 Å². The zero-order valence-corrected chi connectivity index (χ0v) is 14.7. The van der Waals surface area contributed by atoms with Crippen molar-refractivity contribution in [3.05, 3.63) is 9.88 Å². The average Bonchev–Trinajstić information content (AvgIpc) is 2.65. The van der Waals surface area contributed by atoms with Crippen molar-refractivity contribution < 1.29 is 4.74 Å². The molecule has 0 spiro atoms. The predicted molar refractivity (Wildman–Crippen MR) is 85.8 cm³/mol. The lowest BCUT2D eigenvalue weighted by molar-refractivity contribution is -0.0567. The Labute approximate surface area is 127 Å². The molecular weight excluding hydrogens is 268 g/mol. The quantitative estimate of drug-likeness (QED) is 0.841. The summed E-state index contributed by atoms with van der Waals surface area (Å²) in [4.78, 5) is 8.33. The third-order valence-corrected chi connectivity index (χ3v) is 5.73. The highest BCUT2D eigenvalue weighted by Crippen LogP contribution is 2.39. The SMILES string of the molecule is CCc1sc(C)nc1OC1CC(C)(C)N(C)C(C)(C)C1. The van der Waals surface area contributed by atoms with Crippen LogP contribution in [0.25, 0.3) is 0 Å². The van der Waals surface area contributed by atoms with Crippen molar-refractivity contribution in [2.45, 2.75) is 78.0 Å². The fourth-order valence-electron chi connectivity index (χ4n) is 3.29. The van der Waals surface area contributed by atoms with E-state index < -0.39 is 0 Å². The lowest BCUT2D eigenvalue weighted by Crippen LogP contribution is -2.60. The first-order valence-corrected chi connectivity index (χ1v) is 8.34. The Kier molecular flexibility index (Phi) is 4.18. The second-order valence-electron chi connectivity index (χ2n) is 7.15. The lowest BCUT2D eigenvalue weighted by Gasteiger charge is -2.53. The van der Waals surface area contributed by atoms with E-state index in [2.05, 4.69) is 58.5 Å². The molecule has 0 atom stereocenters. The molecule has 0 saturated carbocycles. The Hall–Kier alpha value is -0.610. The van der Waals surface area contributed by atoms with Crippen LogP contribution in [0.5, 0.6) is 5.88 Å². The van der Waals surface area contributed by atoms with Gasteiger partial charge in [-0.3, -0.25) is 4.90 Å². The topological polar surface area (TPSA) is 25.4 Å². The molecule has 4 heteroatoms. The van der Waals surface area contributed by atoms with Gasteiger partial charge in [0, 0.05) is 23.9 Å². The summed E-state index contributed by atoms with van der Waals surface area (Å²) in [5.41, 5.74) is 0.313. The Morgan fingerprint density at radius 2 is 1.80 bits per heavy atom. The predicted octanol–water partition coefficient (Wildman–Crippen LogP) is 4.04. The van der Waals surface area contributed by atoms with Crippen molar-refractivity contribution in [2.24, 2.45) is 0 Å². The molecule has 0 aromatic carbocycles. The average molecular weight is 296 g/mol. The standard InChI is InChI=1S/C16H28N2OS/c1-8-13-14(17-11(2)20-13)19-12-9-15(3,4)18(7)16(5,6)10-12/h12H,8-10H2,1-7H3. The van der Waals surface area contributed by atoms with Crippen LogP contribution in [0.1, 0.15) is 57.3 Å². The van der Waals surface area contributed by atoms with E-state index >= 15 is 0 Å². The van der Waals surface area contributed by atoms with Gasteiger partial charge in [-0.25, -0.2) is 4.98 Å². The molecule has 2 heterocycles. The first-order valence-electron chi connectivity index (χ1n) is 7.52. The highest BCUT2D eigenvalue weighted by Gasteiger charge is 2.44. The molecule has 0 bridgehead atoms. The normalized spacial score (nSPS) is 22.9. The van der Waals surface area contributed by atoms with Gasteiger partial charge in [-0.05, 0) is 48.1 Å². The Bertz CT molecular complexity index is 461. The third kappa shape index (κ3) is 3.01. The van der Waals surface area contributed by atoms with E-state index in [0.29, 0.717) is 0 Å². The number of likely N-dealkylation sites (tertiary alicyclic amines) is 1. The summed E-state index contributed by atoms with van der Waals surface area (Å²) in [6.07, 6.45) is 3.35. The fraction of sp³-hybridized carbons (Fsp3) is 0.812. The molecule has 20 heavy (non-hydrogen) atoms. The minimum absolute atomic E-state index is 0.157. The smallest absolute Gasteiger partial charge is 0.228 e. The van der Waals surface area contributed by atoms with Gasteiger partial charge < -0.3 is 4.74 Å². The maximum Gasteiger partial charge on any atom is 0.228 e. The molecule has 114 valence electrons. The number of ether oxygens (including phenoxy) is 1. The van der Waals surface area contributed by atoms with Crippen molar-refractivity contribution in [1.82, 2.24) is 9.88 Å². The number of thiazole rings is 1. The van der Waals surface area contributed by atoms with Crippen molar-refractivity contribution in [3.63, 3.8) is 0 Å². The highest BCUT2D eigenvalue weighted by atomic mass is 32.1. The minimum Gasteiger partial charge on any atom is -0.473 e. The van der Waals surface area contributed by atoms with Gasteiger partial charge in [0.1, 0.15) is 6.10 Å². The number of hydrogen-bond acceptors (Lipinski definition) is 4. The van der Waals surface area contributed by atoms with Crippen LogP contribution in [0.3, 0.4) is 0 Å². The zero-order valence-electron chi connectivity index (χ0n) is 13.9. The van der Waals surface area contributed by atoms with Gasteiger partial charge in [-0.15, -0.1) is 11.3 Å². The highest BCUT2D eigenvalue weighted by molar-refractivity contribution is 7.11. The number of aryl methyl sites for hydroxylation is 2. The minimum atomic E-state index is 0.157. The molecular formula is C16H28N2OS. The van der Waals surface area contributed by atoms with Crippen LogP contribution < -0.4 is 4.74 Å². The van der Waals surface area contributed by atoms with Crippen molar-refractivity contribution in [2.75, 3.05) is 7.05 Å². The second kappa shape index (κ2) is 5.30. The van der Waals surface area contributed by atoms with Gasteiger partial charge in [0.15, 0.2) is 0 Å². The van der Waals surface area contributed by atoms with Gasteiger partial charge in [0.2, 0.25) is 5.88 Å². The molecule has 0 aliphatic carbocycles. The van der Waals surface area contributed by atoms with Crippen LogP contribution in [0.4, 0.5) is 0 Å². The summed E-state index contributed by atoms with van der Waals surface area (Å²) in [6, 6.07) is 0. The first-order chi connectivity index (χ1) is 9.15. The van der Waals surface area contributed by atoms with Crippen molar-refractivity contribution in [3.8, 4) is 5.88 Å². The Morgan fingerprint density at radius 1 is 1.25 bits per heavy atom. The summed E-state index contributed by atoms with van der Waals surface area (Å²) in [7, 11) is 2.22. The second-order valence-corrected chi connectivity index (χ2v) is 8.43. The van der Waals surface area contributed by atoms with E-state index in [1.165, 1.54) is 4.88 Å². The molecule has 3 nitrogen and oxygen atoms in total. The molecule has 0 N–H and O–H groups in total. The summed E-state index contributed by atoms with van der Waals surface area (Å²) in [6.45, 7) is 13.4. The largest absolute Gasteiger partial charge is 0.473 e. The van der Waals surface area contributed by atoms with E-state index in [0.717, 1.165) is 30.2 Å². The van der Waals surface area contributed by atoms with Crippen LogP contribution in [0, 0.1) is 6.92 Å².